The second kappa shape index (κ2) is 9.56. The van der Waals surface area contributed by atoms with Gasteiger partial charge in [-0.1, -0.05) is 25.7 Å². The number of nitrogens with zero attached hydrogens (tertiary/aromatic N) is 3. The first kappa shape index (κ1) is 22.1. The predicted octanol–water partition coefficient (Wildman–Crippen LogP) is 4.13. The van der Waals surface area contributed by atoms with Crippen molar-refractivity contribution in [2.45, 2.75) is 94.9 Å². The number of amides is 1. The molecule has 0 spiro atoms. The average molecular weight is 436 g/mol. The third kappa shape index (κ3) is 4.40. The molecule has 1 amide bonds. The number of fused-ring (bicyclic) bond motifs is 2. The minimum absolute atomic E-state index is 0. The summed E-state index contributed by atoms with van der Waals surface area (Å²) in [5.74, 6) is 4.54. The van der Waals surface area contributed by atoms with Crippen molar-refractivity contribution in [2.24, 2.45) is 23.5 Å². The van der Waals surface area contributed by atoms with Crippen LogP contribution in [0.5, 0.6) is 0 Å². The zero-order valence-electron chi connectivity index (χ0n) is 18.1. The summed E-state index contributed by atoms with van der Waals surface area (Å²) in [7, 11) is 0. The molecule has 4 aliphatic rings. The summed E-state index contributed by atoms with van der Waals surface area (Å²) in [5.41, 5.74) is 6.44. The number of nitrogens with two attached hydrogens (primary N) is 1. The third-order valence-electron chi connectivity index (χ3n) is 8.37. The van der Waals surface area contributed by atoms with Crippen LogP contribution in [0.3, 0.4) is 0 Å². The topological polar surface area (TPSA) is 87.9 Å². The number of aromatic nitrogens is 3. The standard InChI is InChI=1S/C23H37N5O.ClH/c24-20-16-8-4-9-17(20)13-19(12-16)23(29)28-11-5-10-18(14-28)22-25-21(26-27-22)15-6-2-1-3-7-15;/h15-20H,1-14,24H2,(H,25,26,27);1H. The summed E-state index contributed by atoms with van der Waals surface area (Å²) in [6, 6.07) is 0.327. The van der Waals surface area contributed by atoms with Gasteiger partial charge in [0.15, 0.2) is 5.82 Å². The maximum Gasteiger partial charge on any atom is 0.225 e. The third-order valence-corrected chi connectivity index (χ3v) is 8.37. The Labute approximate surface area is 186 Å². The first-order valence-electron chi connectivity index (χ1n) is 12.2. The molecule has 1 aromatic heterocycles. The van der Waals surface area contributed by atoms with E-state index in [1.54, 1.807) is 0 Å². The molecule has 0 aromatic carbocycles. The zero-order valence-corrected chi connectivity index (χ0v) is 18.9. The van der Waals surface area contributed by atoms with Crippen LogP contribution in [0.2, 0.25) is 0 Å². The summed E-state index contributed by atoms with van der Waals surface area (Å²) in [5, 5.41) is 7.82. The Balaban J connectivity index is 0.00000218. The van der Waals surface area contributed by atoms with Crippen LogP contribution in [0.1, 0.15) is 101 Å². The number of likely N-dealkylation sites (tertiary alicyclic amines) is 1. The van der Waals surface area contributed by atoms with E-state index in [1.165, 1.54) is 51.4 Å². The van der Waals surface area contributed by atoms with Crippen molar-refractivity contribution in [3.8, 4) is 0 Å². The predicted molar refractivity (Wildman–Crippen MR) is 120 cm³/mol. The van der Waals surface area contributed by atoms with E-state index in [-0.39, 0.29) is 24.2 Å². The van der Waals surface area contributed by atoms with Gasteiger partial charge in [0, 0.05) is 36.9 Å². The van der Waals surface area contributed by atoms with Crippen LogP contribution in [-0.4, -0.2) is 45.1 Å². The summed E-state index contributed by atoms with van der Waals surface area (Å²) in [6.07, 6.45) is 14.3. The van der Waals surface area contributed by atoms with E-state index in [0.29, 0.717) is 29.7 Å². The molecule has 1 aliphatic heterocycles. The summed E-state index contributed by atoms with van der Waals surface area (Å²) in [4.78, 5) is 20.4. The molecule has 30 heavy (non-hydrogen) atoms. The van der Waals surface area contributed by atoms with Crippen LogP contribution in [0, 0.1) is 17.8 Å². The Morgan fingerprint density at radius 2 is 1.63 bits per heavy atom. The van der Waals surface area contributed by atoms with E-state index in [1.807, 2.05) is 0 Å². The summed E-state index contributed by atoms with van der Waals surface area (Å²) < 4.78 is 0. The lowest BCUT2D eigenvalue weighted by Crippen LogP contribution is -2.51. The molecule has 3 unspecified atom stereocenters. The maximum atomic E-state index is 13.4. The second-order valence-corrected chi connectivity index (χ2v) is 10.2. The van der Waals surface area contributed by atoms with Gasteiger partial charge in [-0.05, 0) is 63.2 Å². The molecule has 3 atom stereocenters. The van der Waals surface area contributed by atoms with E-state index in [0.717, 1.165) is 50.4 Å². The Morgan fingerprint density at radius 1 is 0.933 bits per heavy atom. The Bertz CT molecular complexity index is 704. The fraction of sp³-hybridized carbons (Fsp3) is 0.870. The number of piperidine rings is 1. The minimum atomic E-state index is 0. The van der Waals surface area contributed by atoms with Crippen LogP contribution >= 0.6 is 12.4 Å². The van der Waals surface area contributed by atoms with Crippen LogP contribution in [0.15, 0.2) is 0 Å². The van der Waals surface area contributed by atoms with Crippen LogP contribution < -0.4 is 5.73 Å². The highest BCUT2D eigenvalue weighted by Crippen LogP contribution is 2.43. The zero-order chi connectivity index (χ0) is 19.8. The quantitative estimate of drug-likeness (QED) is 0.746. The van der Waals surface area contributed by atoms with Crippen molar-refractivity contribution in [2.75, 3.05) is 13.1 Å². The molecule has 6 nitrogen and oxygen atoms in total. The molecule has 1 aromatic rings. The van der Waals surface area contributed by atoms with E-state index < -0.39 is 0 Å². The number of carbonyl (C=O) groups is 1. The number of hydrogen-bond donors (Lipinski definition) is 2. The highest BCUT2D eigenvalue weighted by Gasteiger charge is 2.42. The van der Waals surface area contributed by atoms with Crippen molar-refractivity contribution >= 4 is 18.3 Å². The van der Waals surface area contributed by atoms with Crippen molar-refractivity contribution in [1.82, 2.24) is 20.1 Å². The maximum absolute atomic E-state index is 13.4. The van der Waals surface area contributed by atoms with Crippen LogP contribution in [0.4, 0.5) is 0 Å². The van der Waals surface area contributed by atoms with Gasteiger partial charge < -0.3 is 10.6 Å². The lowest BCUT2D eigenvalue weighted by molar-refractivity contribution is -0.139. The molecule has 1 saturated heterocycles. The highest BCUT2D eigenvalue weighted by molar-refractivity contribution is 5.85. The molecule has 3 saturated carbocycles. The fourth-order valence-corrected chi connectivity index (χ4v) is 6.67. The van der Waals surface area contributed by atoms with Gasteiger partial charge in [0.25, 0.3) is 0 Å². The fourth-order valence-electron chi connectivity index (χ4n) is 6.67. The SMILES string of the molecule is Cl.NC1C2CCCC1CC(C(=O)N1CCCC(c3n[nH]c(C4CCCCC4)n3)C1)C2. The smallest absolute Gasteiger partial charge is 0.225 e. The molecular formula is C23H38ClN5O. The molecule has 5 rings (SSSR count). The first-order chi connectivity index (χ1) is 14.2. The number of rotatable bonds is 3. The van der Waals surface area contributed by atoms with Gasteiger partial charge >= 0.3 is 0 Å². The summed E-state index contributed by atoms with van der Waals surface area (Å²) in [6.45, 7) is 1.69. The Morgan fingerprint density at radius 3 is 2.37 bits per heavy atom. The van der Waals surface area contributed by atoms with Crippen molar-refractivity contribution in [3.05, 3.63) is 11.6 Å². The largest absolute Gasteiger partial charge is 0.342 e. The van der Waals surface area contributed by atoms with E-state index in [9.17, 15) is 4.79 Å². The molecule has 2 heterocycles. The molecule has 3 N–H and O–H groups in total. The van der Waals surface area contributed by atoms with E-state index in [4.69, 9.17) is 10.7 Å². The number of aromatic amines is 1. The molecule has 0 radical (unpaired) electrons. The average Bonchev–Trinajstić information content (AvgIpc) is 3.24. The molecule has 4 fully saturated rings. The summed E-state index contributed by atoms with van der Waals surface area (Å²) >= 11 is 0. The van der Waals surface area contributed by atoms with Gasteiger partial charge in [-0.15, -0.1) is 12.4 Å². The molecule has 3 aliphatic carbocycles. The van der Waals surface area contributed by atoms with Crippen LogP contribution in [-0.2, 0) is 4.79 Å². The molecule has 168 valence electrons. The number of hydrogen-bond acceptors (Lipinski definition) is 4. The normalized spacial score (nSPS) is 35.0. The Kier molecular flexibility index (Phi) is 7.03. The van der Waals surface area contributed by atoms with Gasteiger partial charge in [-0.25, -0.2) is 4.98 Å². The van der Waals surface area contributed by atoms with E-state index in [2.05, 4.69) is 15.1 Å². The van der Waals surface area contributed by atoms with Crippen molar-refractivity contribution in [1.29, 1.82) is 0 Å². The minimum Gasteiger partial charge on any atom is -0.342 e. The number of halogens is 1. The number of H-pyrrole nitrogens is 1. The number of carbonyl (C=O) groups excluding carboxylic acids is 1. The van der Waals surface area contributed by atoms with Gasteiger partial charge in [0.05, 0.1) is 0 Å². The monoisotopic (exact) mass is 435 g/mol. The van der Waals surface area contributed by atoms with Gasteiger partial charge in [-0.2, -0.15) is 5.10 Å². The molecular weight excluding hydrogens is 398 g/mol. The van der Waals surface area contributed by atoms with Gasteiger partial charge in [0.2, 0.25) is 5.91 Å². The first-order valence-corrected chi connectivity index (χ1v) is 12.2. The van der Waals surface area contributed by atoms with Crippen molar-refractivity contribution < 1.29 is 4.79 Å². The lowest BCUT2D eigenvalue weighted by Gasteiger charge is -2.45. The van der Waals surface area contributed by atoms with Crippen LogP contribution in [0.25, 0.3) is 0 Å². The Hall–Kier alpha value is -1.14. The van der Waals surface area contributed by atoms with Gasteiger partial charge in [-0.3, -0.25) is 9.89 Å². The van der Waals surface area contributed by atoms with Gasteiger partial charge in [0.1, 0.15) is 5.82 Å². The molecule has 2 bridgehead atoms. The highest BCUT2D eigenvalue weighted by atomic mass is 35.5. The van der Waals surface area contributed by atoms with E-state index >= 15 is 0 Å². The second-order valence-electron chi connectivity index (χ2n) is 10.2. The number of nitrogens with one attached hydrogen (secondary N) is 1. The molecule has 7 heteroatoms. The van der Waals surface area contributed by atoms with Crippen molar-refractivity contribution in [3.63, 3.8) is 0 Å². The lowest BCUT2D eigenvalue weighted by atomic mass is 9.65.